The molecule has 3 heterocycles. The Kier molecular flexibility index (Phi) is 10.2. The second-order valence-electron chi connectivity index (χ2n) is 13.7. The molecule has 242 valence electrons. The lowest BCUT2D eigenvalue weighted by molar-refractivity contribution is -0.0432. The summed E-state index contributed by atoms with van der Waals surface area (Å²) in [7, 11) is 4.50. The second kappa shape index (κ2) is 13.1. The van der Waals surface area contributed by atoms with Crippen LogP contribution in [0.1, 0.15) is 65.8 Å². The second-order valence-corrected chi connectivity index (χ2v) is 16.1. The summed E-state index contributed by atoms with van der Waals surface area (Å²) in [5.74, 6) is 0. The fourth-order valence-corrected chi connectivity index (χ4v) is 7.37. The average molecular weight is 669 g/mol. The first kappa shape index (κ1) is 35.0. The van der Waals surface area contributed by atoms with E-state index in [2.05, 4.69) is 18.7 Å². The Bertz CT molecular complexity index is 1690. The van der Waals surface area contributed by atoms with Gasteiger partial charge in [-0.25, -0.2) is 14.2 Å². The minimum Gasteiger partial charge on any atom is -0.443 e. The molecule has 0 unspecified atom stereocenters. The van der Waals surface area contributed by atoms with E-state index in [1.54, 1.807) is 4.57 Å². The maximum atomic E-state index is 14.0. The molecule has 13 heteroatoms. The quantitative estimate of drug-likeness (QED) is 0.135. The average Bonchev–Trinajstić information content (AvgIpc) is 3.56. The maximum Gasteiger partial charge on any atom is 0.435 e. The van der Waals surface area contributed by atoms with Crippen molar-refractivity contribution in [3.05, 3.63) is 40.8 Å². The number of benzene rings is 1. The van der Waals surface area contributed by atoms with Crippen molar-refractivity contribution in [2.45, 2.75) is 97.9 Å². The normalized spacial score (nSPS) is 13.0. The molecule has 0 saturated carbocycles. The van der Waals surface area contributed by atoms with Gasteiger partial charge in [0.25, 0.3) is 0 Å². The van der Waals surface area contributed by atoms with Gasteiger partial charge in [-0.05, 0) is 92.5 Å². The molecule has 0 fully saturated rings. The summed E-state index contributed by atoms with van der Waals surface area (Å²) in [5.41, 5.74) is 1.27. The minimum absolute atomic E-state index is 0.257. The molecular formula is C32H44N4O6SSi2. The van der Waals surface area contributed by atoms with Crippen LogP contribution in [-0.2, 0) is 30.3 Å². The summed E-state index contributed by atoms with van der Waals surface area (Å²) in [6.07, 6.45) is -1.59. The molecule has 0 amide bonds. The third-order valence-electron chi connectivity index (χ3n) is 6.85. The SMILES string of the molecule is C[Si]OC(O[Si]C)C(C)(C)c1ccc2cc(-c3nn(C(=O)OC(C)(C)C)c4cc(CN(C)C)sc34)n(C(=O)OC(C)(C)C)c2c1. The van der Waals surface area contributed by atoms with E-state index in [4.69, 9.17) is 23.4 Å². The van der Waals surface area contributed by atoms with E-state index in [0.29, 0.717) is 29.0 Å². The number of fused-ring (bicyclic) bond motifs is 2. The highest BCUT2D eigenvalue weighted by Gasteiger charge is 2.34. The Morgan fingerprint density at radius 1 is 0.889 bits per heavy atom. The molecule has 0 aliphatic carbocycles. The highest BCUT2D eigenvalue weighted by molar-refractivity contribution is 7.19. The standard InChI is InChI=1S/C32H44N4O6SSi2/c1-30(2,3)39-28(37)35-22-16-20(32(7,8)27(41-44-11)42-45-12)14-13-19(22)15-23(35)25-26-24(17-21(43-26)18-34(9)10)36(33-25)29(38)40-31(4,5)6/h13-17,27H,18H2,1-12H3. The van der Waals surface area contributed by atoms with Crippen LogP contribution in [-0.4, -0.2) is 82.5 Å². The van der Waals surface area contributed by atoms with Crippen LogP contribution in [0.15, 0.2) is 30.3 Å². The molecule has 4 aromatic rings. The summed E-state index contributed by atoms with van der Waals surface area (Å²) in [6.45, 7) is 19.7. The van der Waals surface area contributed by atoms with Crippen molar-refractivity contribution in [3.63, 3.8) is 0 Å². The van der Waals surface area contributed by atoms with Gasteiger partial charge in [-0.3, -0.25) is 0 Å². The van der Waals surface area contributed by atoms with Gasteiger partial charge in [0.05, 0.1) is 21.4 Å². The molecule has 4 rings (SSSR count). The zero-order chi connectivity index (χ0) is 33.5. The first-order valence-electron chi connectivity index (χ1n) is 14.8. The van der Waals surface area contributed by atoms with Gasteiger partial charge >= 0.3 is 12.2 Å². The molecule has 0 aliphatic heterocycles. The maximum absolute atomic E-state index is 14.0. The topological polar surface area (TPSA) is 97.0 Å². The van der Waals surface area contributed by atoms with E-state index in [0.717, 1.165) is 20.5 Å². The summed E-state index contributed by atoms with van der Waals surface area (Å²) >= 11 is 1.54. The van der Waals surface area contributed by atoms with Crippen molar-refractivity contribution in [1.82, 2.24) is 19.2 Å². The molecule has 1 aromatic carbocycles. The van der Waals surface area contributed by atoms with E-state index in [1.807, 2.05) is 99.1 Å². The lowest BCUT2D eigenvalue weighted by Gasteiger charge is -2.34. The third kappa shape index (κ3) is 7.77. The Labute approximate surface area is 274 Å². The van der Waals surface area contributed by atoms with Crippen molar-refractivity contribution in [2.24, 2.45) is 0 Å². The molecule has 0 bridgehead atoms. The summed E-state index contributed by atoms with van der Waals surface area (Å²) in [4.78, 5) is 30.5. The van der Waals surface area contributed by atoms with Crippen molar-refractivity contribution in [1.29, 1.82) is 0 Å². The summed E-state index contributed by atoms with van der Waals surface area (Å²) in [6, 6.07) is 9.91. The van der Waals surface area contributed by atoms with Crippen LogP contribution in [0.5, 0.6) is 0 Å². The number of hydrogen-bond acceptors (Lipinski definition) is 9. The van der Waals surface area contributed by atoms with Gasteiger partial charge in [-0.15, -0.1) is 11.3 Å². The molecule has 0 N–H and O–H groups in total. The Morgan fingerprint density at radius 3 is 2.04 bits per heavy atom. The third-order valence-corrected chi connectivity index (χ3v) is 8.87. The lowest BCUT2D eigenvalue weighted by atomic mass is 9.83. The van der Waals surface area contributed by atoms with Gasteiger partial charge in [0.15, 0.2) is 0 Å². The smallest absolute Gasteiger partial charge is 0.435 e. The molecule has 4 radical (unpaired) electrons. The van der Waals surface area contributed by atoms with Gasteiger partial charge in [-0.1, -0.05) is 26.0 Å². The minimum atomic E-state index is -0.744. The molecule has 3 aromatic heterocycles. The molecule has 0 saturated heterocycles. The van der Waals surface area contributed by atoms with E-state index >= 15 is 0 Å². The lowest BCUT2D eigenvalue weighted by Crippen LogP contribution is -2.39. The highest BCUT2D eigenvalue weighted by atomic mass is 32.1. The monoisotopic (exact) mass is 668 g/mol. The van der Waals surface area contributed by atoms with Crippen LogP contribution in [0.25, 0.3) is 32.5 Å². The fourth-order valence-electron chi connectivity index (χ4n) is 4.91. The Balaban J connectivity index is 2.00. The highest BCUT2D eigenvalue weighted by Crippen LogP contribution is 2.40. The zero-order valence-electron chi connectivity index (χ0n) is 28.3. The number of rotatable bonds is 9. The van der Waals surface area contributed by atoms with Gasteiger partial charge in [0, 0.05) is 22.2 Å². The molecule has 0 spiro atoms. The number of carbonyl (C=O) groups excluding carboxylic acids is 2. The van der Waals surface area contributed by atoms with Crippen LogP contribution < -0.4 is 0 Å². The zero-order valence-corrected chi connectivity index (χ0v) is 31.1. The molecule has 10 nitrogen and oxygen atoms in total. The van der Waals surface area contributed by atoms with E-state index in [9.17, 15) is 9.59 Å². The van der Waals surface area contributed by atoms with Gasteiger partial charge in [-0.2, -0.15) is 9.78 Å². The number of nitrogens with zero attached hydrogens (tertiary/aromatic N) is 4. The van der Waals surface area contributed by atoms with Crippen molar-refractivity contribution in [3.8, 4) is 11.4 Å². The largest absolute Gasteiger partial charge is 0.443 e. The van der Waals surface area contributed by atoms with Crippen LogP contribution in [0.2, 0.25) is 13.1 Å². The first-order chi connectivity index (χ1) is 20.9. The van der Waals surface area contributed by atoms with Crippen molar-refractivity contribution >= 4 is 64.2 Å². The molecule has 0 atom stereocenters. The van der Waals surface area contributed by atoms with Crippen LogP contribution in [0.3, 0.4) is 0 Å². The first-order valence-corrected chi connectivity index (χ1v) is 18.4. The van der Waals surface area contributed by atoms with E-state index in [-0.39, 0.29) is 19.5 Å². The molecule has 0 aliphatic rings. The molecular weight excluding hydrogens is 625 g/mol. The van der Waals surface area contributed by atoms with Gasteiger partial charge in [0.2, 0.25) is 19.5 Å². The summed E-state index contributed by atoms with van der Waals surface area (Å²) < 4.78 is 27.4. The fraction of sp³-hybridized carbons (Fsp3) is 0.531. The van der Waals surface area contributed by atoms with Crippen LogP contribution in [0.4, 0.5) is 9.59 Å². The number of aromatic nitrogens is 3. The van der Waals surface area contributed by atoms with E-state index in [1.165, 1.54) is 16.0 Å². The number of hydrogen-bond donors (Lipinski definition) is 0. The van der Waals surface area contributed by atoms with Crippen LogP contribution in [0, 0.1) is 0 Å². The van der Waals surface area contributed by atoms with Crippen molar-refractivity contribution in [2.75, 3.05) is 14.1 Å². The van der Waals surface area contributed by atoms with Gasteiger partial charge in [0.1, 0.15) is 23.2 Å². The predicted octanol–water partition coefficient (Wildman–Crippen LogP) is 7.32. The van der Waals surface area contributed by atoms with Crippen molar-refractivity contribution < 1.29 is 27.9 Å². The number of thiophene rings is 1. The van der Waals surface area contributed by atoms with Gasteiger partial charge < -0.3 is 23.2 Å². The predicted molar refractivity (Wildman–Crippen MR) is 181 cm³/mol. The number of ether oxygens (including phenoxy) is 2. The Morgan fingerprint density at radius 2 is 1.49 bits per heavy atom. The summed E-state index contributed by atoms with van der Waals surface area (Å²) in [5, 5.41) is 5.61. The van der Waals surface area contributed by atoms with E-state index < -0.39 is 35.1 Å². The number of carbonyl (C=O) groups is 2. The van der Waals surface area contributed by atoms with Crippen LogP contribution >= 0.6 is 11.3 Å². The Hall–Kier alpha value is -2.82. The molecule has 45 heavy (non-hydrogen) atoms.